The Morgan fingerprint density at radius 2 is 2.06 bits per heavy atom. The summed E-state index contributed by atoms with van der Waals surface area (Å²) >= 11 is 6.14. The summed E-state index contributed by atoms with van der Waals surface area (Å²) in [6, 6.07) is 3.73. The van der Waals surface area contributed by atoms with Gasteiger partial charge in [0.1, 0.15) is 5.75 Å². The van der Waals surface area contributed by atoms with E-state index in [1.54, 1.807) is 7.11 Å². The first-order valence-electron chi connectivity index (χ1n) is 6.36. The van der Waals surface area contributed by atoms with Crippen LogP contribution < -0.4 is 10.1 Å². The summed E-state index contributed by atoms with van der Waals surface area (Å²) in [6.07, 6.45) is 1.57. The van der Waals surface area contributed by atoms with Gasteiger partial charge in [-0.3, -0.25) is 0 Å². The quantitative estimate of drug-likeness (QED) is 0.887. The first-order chi connectivity index (χ1) is 8.63. The molecule has 0 radical (unpaired) electrons. The van der Waals surface area contributed by atoms with Crippen LogP contribution in [-0.4, -0.2) is 25.3 Å². The van der Waals surface area contributed by atoms with Crippen molar-refractivity contribution in [3.05, 3.63) is 28.3 Å². The molecule has 3 nitrogen and oxygen atoms in total. The van der Waals surface area contributed by atoms with Gasteiger partial charge < -0.3 is 15.2 Å². The molecule has 0 aliphatic carbocycles. The molecule has 1 aromatic carbocycles. The summed E-state index contributed by atoms with van der Waals surface area (Å²) in [7, 11) is 1.60. The molecule has 1 unspecified atom stereocenters. The van der Waals surface area contributed by atoms with Crippen molar-refractivity contribution >= 4 is 11.6 Å². The predicted molar refractivity (Wildman–Crippen MR) is 73.3 cm³/mol. The second kappa shape index (κ2) is 5.91. The molecule has 0 spiro atoms. The average molecular weight is 270 g/mol. The highest BCUT2D eigenvalue weighted by Crippen LogP contribution is 2.35. The van der Waals surface area contributed by atoms with Gasteiger partial charge in [-0.05, 0) is 62.0 Å². The highest BCUT2D eigenvalue weighted by Gasteiger charge is 2.24. The van der Waals surface area contributed by atoms with E-state index < -0.39 is 6.10 Å². The Hall–Kier alpha value is -0.770. The lowest BCUT2D eigenvalue weighted by atomic mass is 9.86. The third-order valence-corrected chi connectivity index (χ3v) is 3.98. The Kier molecular flexibility index (Phi) is 4.49. The lowest BCUT2D eigenvalue weighted by Gasteiger charge is -2.28. The maximum atomic E-state index is 10.5. The third kappa shape index (κ3) is 2.79. The number of aryl methyl sites for hydroxylation is 1. The number of methoxy groups -OCH3 is 1. The van der Waals surface area contributed by atoms with Gasteiger partial charge >= 0.3 is 0 Å². The number of nitrogens with one attached hydrogen (secondary N) is 1. The Balaban J connectivity index is 2.23. The number of aliphatic hydroxyl groups is 1. The van der Waals surface area contributed by atoms with Crippen molar-refractivity contribution in [1.82, 2.24) is 5.32 Å². The van der Waals surface area contributed by atoms with Crippen molar-refractivity contribution in [1.29, 1.82) is 0 Å². The summed E-state index contributed by atoms with van der Waals surface area (Å²) in [4.78, 5) is 0. The van der Waals surface area contributed by atoms with E-state index in [-0.39, 0.29) is 0 Å². The van der Waals surface area contributed by atoms with Crippen LogP contribution in [-0.2, 0) is 0 Å². The number of hydrogen-bond donors (Lipinski definition) is 2. The van der Waals surface area contributed by atoms with E-state index in [4.69, 9.17) is 16.3 Å². The molecule has 1 heterocycles. The summed E-state index contributed by atoms with van der Waals surface area (Å²) in [5, 5.41) is 14.4. The van der Waals surface area contributed by atoms with Crippen LogP contribution in [0, 0.1) is 12.8 Å². The van der Waals surface area contributed by atoms with Crippen molar-refractivity contribution < 1.29 is 9.84 Å². The van der Waals surface area contributed by atoms with Crippen LogP contribution in [0.15, 0.2) is 12.1 Å². The SMILES string of the molecule is COc1cc(C)c(C(O)C2CCNCC2)cc1Cl. The lowest BCUT2D eigenvalue weighted by molar-refractivity contribution is 0.0883. The van der Waals surface area contributed by atoms with E-state index in [1.807, 2.05) is 19.1 Å². The normalized spacial score (nSPS) is 18.7. The fourth-order valence-corrected chi connectivity index (χ4v) is 2.81. The monoisotopic (exact) mass is 269 g/mol. The summed E-state index contributed by atoms with van der Waals surface area (Å²) < 4.78 is 5.18. The minimum Gasteiger partial charge on any atom is -0.495 e. The largest absolute Gasteiger partial charge is 0.495 e. The minimum atomic E-state index is -0.435. The van der Waals surface area contributed by atoms with Gasteiger partial charge in [0.05, 0.1) is 18.2 Å². The standard InChI is InChI=1S/C14H20ClNO2/c1-9-7-13(18-2)12(15)8-11(9)14(17)10-3-5-16-6-4-10/h7-8,10,14,16-17H,3-6H2,1-2H3. The molecule has 2 rings (SSSR count). The topological polar surface area (TPSA) is 41.5 Å². The number of piperidine rings is 1. The predicted octanol–water partition coefficient (Wildman–Crippen LogP) is 2.69. The molecule has 1 aliphatic rings. The number of aliphatic hydroxyl groups excluding tert-OH is 1. The lowest BCUT2D eigenvalue weighted by Crippen LogP contribution is -2.31. The number of halogens is 1. The zero-order chi connectivity index (χ0) is 13.1. The van der Waals surface area contributed by atoms with Gasteiger partial charge in [-0.2, -0.15) is 0 Å². The van der Waals surface area contributed by atoms with E-state index >= 15 is 0 Å². The number of rotatable bonds is 3. The maximum Gasteiger partial charge on any atom is 0.137 e. The van der Waals surface area contributed by atoms with Gasteiger partial charge in [0.25, 0.3) is 0 Å². The van der Waals surface area contributed by atoms with Crippen LogP contribution in [0.5, 0.6) is 5.75 Å². The van der Waals surface area contributed by atoms with Gasteiger partial charge in [-0.15, -0.1) is 0 Å². The number of ether oxygens (including phenoxy) is 1. The van der Waals surface area contributed by atoms with E-state index in [9.17, 15) is 5.11 Å². The minimum absolute atomic E-state index is 0.314. The second-order valence-corrected chi connectivity index (χ2v) is 5.28. The van der Waals surface area contributed by atoms with Crippen LogP contribution >= 0.6 is 11.6 Å². The van der Waals surface area contributed by atoms with Gasteiger partial charge in [0.15, 0.2) is 0 Å². The number of benzene rings is 1. The fourth-order valence-electron chi connectivity index (χ4n) is 2.56. The van der Waals surface area contributed by atoms with Crippen molar-refractivity contribution in [2.75, 3.05) is 20.2 Å². The molecule has 0 saturated carbocycles. The van der Waals surface area contributed by atoms with Crippen molar-refractivity contribution in [3.8, 4) is 5.75 Å². The first kappa shape index (κ1) is 13.7. The molecule has 100 valence electrons. The average Bonchev–Trinajstić information content (AvgIpc) is 2.41. The molecule has 1 aliphatic heterocycles. The van der Waals surface area contributed by atoms with Gasteiger partial charge in [0.2, 0.25) is 0 Å². The third-order valence-electron chi connectivity index (χ3n) is 3.69. The van der Waals surface area contributed by atoms with Crippen molar-refractivity contribution in [2.24, 2.45) is 5.92 Å². The van der Waals surface area contributed by atoms with E-state index in [1.165, 1.54) is 0 Å². The molecule has 2 N–H and O–H groups in total. The van der Waals surface area contributed by atoms with Crippen molar-refractivity contribution in [2.45, 2.75) is 25.9 Å². The van der Waals surface area contributed by atoms with E-state index in [0.717, 1.165) is 37.1 Å². The molecule has 1 aromatic rings. The van der Waals surface area contributed by atoms with Crippen LogP contribution in [0.3, 0.4) is 0 Å². The van der Waals surface area contributed by atoms with Crippen LogP contribution in [0.2, 0.25) is 5.02 Å². The summed E-state index contributed by atoms with van der Waals surface area (Å²) in [5.41, 5.74) is 1.95. The Morgan fingerprint density at radius 3 is 2.67 bits per heavy atom. The second-order valence-electron chi connectivity index (χ2n) is 4.88. The highest BCUT2D eigenvalue weighted by atomic mass is 35.5. The Morgan fingerprint density at radius 1 is 1.39 bits per heavy atom. The summed E-state index contributed by atoms with van der Waals surface area (Å²) in [6.45, 7) is 3.94. The molecule has 0 bridgehead atoms. The maximum absolute atomic E-state index is 10.5. The molecule has 0 aromatic heterocycles. The van der Waals surface area contributed by atoms with Gasteiger partial charge in [-0.1, -0.05) is 11.6 Å². The molecular weight excluding hydrogens is 250 g/mol. The molecule has 1 atom stereocenters. The molecule has 0 amide bonds. The number of hydrogen-bond acceptors (Lipinski definition) is 3. The highest BCUT2D eigenvalue weighted by molar-refractivity contribution is 6.32. The molecule has 18 heavy (non-hydrogen) atoms. The van der Waals surface area contributed by atoms with Gasteiger partial charge in [0, 0.05) is 0 Å². The zero-order valence-electron chi connectivity index (χ0n) is 10.9. The van der Waals surface area contributed by atoms with E-state index in [2.05, 4.69) is 5.32 Å². The Labute approximate surface area is 113 Å². The molecular formula is C14H20ClNO2. The summed E-state index contributed by atoms with van der Waals surface area (Å²) in [5.74, 6) is 0.977. The molecule has 4 heteroatoms. The van der Waals surface area contributed by atoms with Gasteiger partial charge in [-0.25, -0.2) is 0 Å². The van der Waals surface area contributed by atoms with Crippen LogP contribution in [0.1, 0.15) is 30.1 Å². The van der Waals surface area contributed by atoms with Crippen LogP contribution in [0.4, 0.5) is 0 Å². The first-order valence-corrected chi connectivity index (χ1v) is 6.74. The fraction of sp³-hybridized carbons (Fsp3) is 0.571. The molecule has 1 saturated heterocycles. The zero-order valence-corrected chi connectivity index (χ0v) is 11.6. The smallest absolute Gasteiger partial charge is 0.137 e. The van der Waals surface area contributed by atoms with E-state index in [0.29, 0.717) is 16.7 Å². The van der Waals surface area contributed by atoms with Crippen molar-refractivity contribution in [3.63, 3.8) is 0 Å². The molecule has 1 fully saturated rings. The van der Waals surface area contributed by atoms with Crippen LogP contribution in [0.25, 0.3) is 0 Å². The Bertz CT molecular complexity index is 417.